The first-order valence-corrected chi connectivity index (χ1v) is 8.20. The number of carbonyl (C=O) groups is 2. The number of carbonyl (C=O) groups excluding carboxylic acids is 2. The molecule has 4 nitrogen and oxygen atoms in total. The van der Waals surface area contributed by atoms with Gasteiger partial charge in [0.15, 0.2) is 0 Å². The Bertz CT molecular complexity index is 366. The van der Waals surface area contributed by atoms with E-state index in [0.717, 1.165) is 32.1 Å². The van der Waals surface area contributed by atoms with E-state index in [-0.39, 0.29) is 35.6 Å². The van der Waals surface area contributed by atoms with Crippen molar-refractivity contribution < 1.29 is 19.1 Å². The van der Waals surface area contributed by atoms with Crippen molar-refractivity contribution >= 4 is 11.9 Å². The molecule has 118 valence electrons. The van der Waals surface area contributed by atoms with Gasteiger partial charge in [0.25, 0.3) is 0 Å². The first-order chi connectivity index (χ1) is 10.2. The minimum atomic E-state index is -0.342. The maximum absolute atomic E-state index is 12.3. The fourth-order valence-electron chi connectivity index (χ4n) is 3.29. The molecule has 4 heteroatoms. The Morgan fingerprint density at radius 3 is 1.71 bits per heavy atom. The van der Waals surface area contributed by atoms with E-state index in [1.165, 1.54) is 0 Å². The van der Waals surface area contributed by atoms with E-state index in [1.807, 2.05) is 0 Å². The summed E-state index contributed by atoms with van der Waals surface area (Å²) in [4.78, 5) is 24.6. The van der Waals surface area contributed by atoms with E-state index in [1.54, 1.807) is 0 Å². The molecular weight excluding hydrogens is 268 g/mol. The molecule has 2 aliphatic carbocycles. The first kappa shape index (κ1) is 16.1. The van der Waals surface area contributed by atoms with Crippen molar-refractivity contribution in [3.8, 4) is 0 Å². The number of hydrogen-bond acceptors (Lipinski definition) is 4. The molecule has 4 atom stereocenters. The molecule has 0 N–H and O–H groups in total. The van der Waals surface area contributed by atoms with Crippen molar-refractivity contribution in [2.45, 2.75) is 46.0 Å². The number of fused-ring (bicyclic) bond motifs is 2. The fourth-order valence-corrected chi connectivity index (χ4v) is 3.29. The lowest BCUT2D eigenvalue weighted by Gasteiger charge is -2.24. The second kappa shape index (κ2) is 7.62. The molecule has 0 aliphatic heterocycles. The quantitative estimate of drug-likeness (QED) is 0.392. The highest BCUT2D eigenvalue weighted by Gasteiger charge is 2.52. The molecule has 2 aliphatic rings. The van der Waals surface area contributed by atoms with Crippen LogP contribution in [0.2, 0.25) is 0 Å². The zero-order valence-electron chi connectivity index (χ0n) is 13.0. The largest absolute Gasteiger partial charge is 0.465 e. The second-order valence-corrected chi connectivity index (χ2v) is 6.04. The van der Waals surface area contributed by atoms with Gasteiger partial charge in [0.2, 0.25) is 0 Å². The van der Waals surface area contributed by atoms with Gasteiger partial charge in [-0.2, -0.15) is 0 Å². The molecule has 0 spiro atoms. The maximum atomic E-state index is 12.3. The van der Waals surface area contributed by atoms with E-state index in [2.05, 4.69) is 26.0 Å². The normalized spacial score (nSPS) is 29.6. The van der Waals surface area contributed by atoms with Gasteiger partial charge in [-0.1, -0.05) is 38.8 Å². The number of hydrogen-bond donors (Lipinski definition) is 0. The summed E-state index contributed by atoms with van der Waals surface area (Å²) in [7, 11) is 0. The molecule has 1 fully saturated rings. The van der Waals surface area contributed by atoms with E-state index >= 15 is 0 Å². The zero-order valence-corrected chi connectivity index (χ0v) is 13.0. The average Bonchev–Trinajstić information content (AvgIpc) is 3.08. The van der Waals surface area contributed by atoms with Crippen molar-refractivity contribution in [3.05, 3.63) is 12.2 Å². The van der Waals surface area contributed by atoms with Crippen molar-refractivity contribution in [3.63, 3.8) is 0 Å². The molecule has 2 bridgehead atoms. The highest BCUT2D eigenvalue weighted by Crippen LogP contribution is 2.49. The Labute approximate surface area is 126 Å². The summed E-state index contributed by atoms with van der Waals surface area (Å²) in [6.45, 7) is 5.01. The topological polar surface area (TPSA) is 52.6 Å². The van der Waals surface area contributed by atoms with Gasteiger partial charge >= 0.3 is 11.9 Å². The third-order valence-corrected chi connectivity index (χ3v) is 4.49. The van der Waals surface area contributed by atoms with Crippen LogP contribution in [-0.2, 0) is 19.1 Å². The summed E-state index contributed by atoms with van der Waals surface area (Å²) in [6.07, 6.45) is 8.72. The highest BCUT2D eigenvalue weighted by molar-refractivity contribution is 5.84. The monoisotopic (exact) mass is 294 g/mol. The van der Waals surface area contributed by atoms with Gasteiger partial charge in [-0.3, -0.25) is 9.59 Å². The van der Waals surface area contributed by atoms with Gasteiger partial charge in [0, 0.05) is 0 Å². The Morgan fingerprint density at radius 1 is 0.905 bits per heavy atom. The van der Waals surface area contributed by atoms with Gasteiger partial charge in [0.1, 0.15) is 0 Å². The minimum absolute atomic E-state index is 0.146. The molecule has 21 heavy (non-hydrogen) atoms. The minimum Gasteiger partial charge on any atom is -0.465 e. The van der Waals surface area contributed by atoms with Crippen LogP contribution in [0.4, 0.5) is 0 Å². The predicted molar refractivity (Wildman–Crippen MR) is 79.5 cm³/mol. The Kier molecular flexibility index (Phi) is 5.83. The summed E-state index contributed by atoms with van der Waals surface area (Å²) < 4.78 is 10.7. The molecule has 0 radical (unpaired) electrons. The lowest BCUT2D eigenvalue weighted by Crippen LogP contribution is -2.35. The van der Waals surface area contributed by atoms with Crippen LogP contribution >= 0.6 is 0 Å². The van der Waals surface area contributed by atoms with Crippen LogP contribution in [0.3, 0.4) is 0 Å². The van der Waals surface area contributed by atoms with Gasteiger partial charge in [-0.25, -0.2) is 0 Å². The molecule has 0 heterocycles. The molecule has 2 unspecified atom stereocenters. The lowest BCUT2D eigenvalue weighted by atomic mass is 9.83. The molecule has 0 aromatic heterocycles. The van der Waals surface area contributed by atoms with Gasteiger partial charge in [-0.05, 0) is 31.1 Å². The number of unbranched alkanes of at least 4 members (excludes halogenated alkanes) is 2. The summed E-state index contributed by atoms with van der Waals surface area (Å²) >= 11 is 0. The summed E-state index contributed by atoms with van der Waals surface area (Å²) in [5, 5.41) is 0. The van der Waals surface area contributed by atoms with Crippen LogP contribution in [0.25, 0.3) is 0 Å². The third kappa shape index (κ3) is 3.66. The van der Waals surface area contributed by atoms with Crippen LogP contribution < -0.4 is 0 Å². The van der Waals surface area contributed by atoms with E-state index in [9.17, 15) is 9.59 Å². The summed E-state index contributed by atoms with van der Waals surface area (Å²) in [5.41, 5.74) is 0. The third-order valence-electron chi connectivity index (χ3n) is 4.49. The van der Waals surface area contributed by atoms with Crippen molar-refractivity contribution in [2.24, 2.45) is 23.7 Å². The van der Waals surface area contributed by atoms with Crippen LogP contribution in [0.5, 0.6) is 0 Å². The number of esters is 2. The van der Waals surface area contributed by atoms with Crippen molar-refractivity contribution in [2.75, 3.05) is 13.2 Å². The van der Waals surface area contributed by atoms with Gasteiger partial charge in [0.05, 0.1) is 25.0 Å². The number of rotatable bonds is 8. The molecule has 0 aromatic rings. The molecule has 1 saturated carbocycles. The van der Waals surface area contributed by atoms with Crippen LogP contribution in [0.15, 0.2) is 12.2 Å². The Hall–Kier alpha value is -1.32. The molecular formula is C17H26O4. The van der Waals surface area contributed by atoms with E-state index < -0.39 is 0 Å². The standard InChI is InChI=1S/C17H26O4/c1-3-5-9-20-16(18)14-12-7-8-13(11-12)15(14)17(19)21-10-6-4-2/h7-8,12-15H,3-6,9-11H2,1-2H3/t12?,13?,14-,15-/m1/s1. The van der Waals surface area contributed by atoms with Crippen LogP contribution in [0.1, 0.15) is 46.0 Å². The fraction of sp³-hybridized carbons (Fsp3) is 0.765. The van der Waals surface area contributed by atoms with Gasteiger partial charge < -0.3 is 9.47 Å². The molecule has 2 rings (SSSR count). The number of ether oxygens (including phenoxy) is 2. The highest BCUT2D eigenvalue weighted by atomic mass is 16.5. The van der Waals surface area contributed by atoms with Crippen molar-refractivity contribution in [1.29, 1.82) is 0 Å². The predicted octanol–water partition coefficient (Wildman–Crippen LogP) is 3.11. The SMILES string of the molecule is CCCCOC(=O)[C@@H]1C2C=CC(C2)[C@H]1C(=O)OCCCC. The number of allylic oxidation sites excluding steroid dienone is 2. The van der Waals surface area contributed by atoms with E-state index in [4.69, 9.17) is 9.47 Å². The Morgan fingerprint density at radius 2 is 1.33 bits per heavy atom. The molecule has 0 amide bonds. The zero-order chi connectivity index (χ0) is 15.2. The van der Waals surface area contributed by atoms with Crippen molar-refractivity contribution in [1.82, 2.24) is 0 Å². The molecule has 0 aromatic carbocycles. The average molecular weight is 294 g/mol. The smallest absolute Gasteiger partial charge is 0.310 e. The summed E-state index contributed by atoms with van der Waals surface area (Å²) in [6, 6.07) is 0. The van der Waals surface area contributed by atoms with Gasteiger partial charge in [-0.15, -0.1) is 0 Å². The van der Waals surface area contributed by atoms with Crippen LogP contribution in [0, 0.1) is 23.7 Å². The summed E-state index contributed by atoms with van der Waals surface area (Å²) in [5.74, 6) is -0.840. The molecule has 0 saturated heterocycles. The van der Waals surface area contributed by atoms with Crippen LogP contribution in [-0.4, -0.2) is 25.2 Å². The Balaban J connectivity index is 1.95. The second-order valence-electron chi connectivity index (χ2n) is 6.04. The first-order valence-electron chi connectivity index (χ1n) is 8.20. The van der Waals surface area contributed by atoms with E-state index in [0.29, 0.717) is 13.2 Å². The maximum Gasteiger partial charge on any atom is 0.310 e. The lowest BCUT2D eigenvalue weighted by molar-refractivity contribution is -0.161.